The predicted octanol–water partition coefficient (Wildman–Crippen LogP) is 7.34. The monoisotopic (exact) mass is 1000 g/mol. The number of halogens is 1. The molecule has 4 unspecified atom stereocenters. The lowest BCUT2D eigenvalue weighted by atomic mass is 9.81. The minimum Gasteiger partial charge on any atom is -0.494 e. The number of pyridine rings is 1. The summed E-state index contributed by atoms with van der Waals surface area (Å²) >= 11 is 0. The Kier molecular flexibility index (Phi) is 18.2. The molecule has 2 saturated heterocycles. The van der Waals surface area contributed by atoms with Crippen LogP contribution in [0.5, 0.6) is 5.75 Å². The molecule has 0 bridgehead atoms. The van der Waals surface area contributed by atoms with Gasteiger partial charge in [0, 0.05) is 91.1 Å². The fraction of sp³-hybridized carbons (Fsp3) is 0.464. The van der Waals surface area contributed by atoms with E-state index in [0.29, 0.717) is 78.4 Å². The number of nitrogens with one attached hydrogen (secondary N) is 6. The van der Waals surface area contributed by atoms with Gasteiger partial charge in [-0.15, -0.1) is 0 Å². The number of hydrogen-bond acceptors (Lipinski definition) is 12. The number of nitrogens with zero attached hydrogens (tertiary/aromatic N) is 2. The van der Waals surface area contributed by atoms with Crippen molar-refractivity contribution >= 4 is 40.9 Å². The number of piperidine rings is 2. The summed E-state index contributed by atoms with van der Waals surface area (Å²) in [5.74, 6) is -0.773. The largest absolute Gasteiger partial charge is 0.494 e. The van der Waals surface area contributed by atoms with Gasteiger partial charge in [0.15, 0.2) is 0 Å². The number of ether oxygens (including phenoxy) is 3. The number of imide groups is 1. The number of amides is 5. The van der Waals surface area contributed by atoms with Crippen molar-refractivity contribution < 1.29 is 42.6 Å². The number of carbonyl (C=O) groups is 5. The van der Waals surface area contributed by atoms with Crippen LogP contribution in [0.1, 0.15) is 122 Å². The third kappa shape index (κ3) is 13.5. The molecule has 1 aromatic heterocycles. The van der Waals surface area contributed by atoms with Crippen LogP contribution in [0.3, 0.4) is 0 Å². The number of fused-ring (bicyclic) bond motifs is 1. The number of rotatable bonds is 23. The smallest absolute Gasteiger partial charge is 0.255 e. The second-order valence-corrected chi connectivity index (χ2v) is 19.5. The Bertz CT molecular complexity index is 2610. The molecule has 4 aliphatic heterocycles. The van der Waals surface area contributed by atoms with Gasteiger partial charge in [0.2, 0.25) is 17.7 Å². The molecule has 8 rings (SSSR count). The maximum Gasteiger partial charge on any atom is 0.255 e. The Hall–Kier alpha value is -6.69. The summed E-state index contributed by atoms with van der Waals surface area (Å²) in [5.41, 5.74) is 5.24. The van der Waals surface area contributed by atoms with Gasteiger partial charge in [0.05, 0.1) is 18.2 Å². The molecule has 0 aliphatic carbocycles. The Morgan fingerprint density at radius 2 is 1.68 bits per heavy atom. The number of carbonyl (C=O) groups excluding carboxylic acids is 5. The SMILES string of the molecule is CCC1C(C)CC=C(C2(Nc3cccc(C(=O)NCc4cc(OCCCCCOCCCOCC(=O)Nc5cccc6c5CN(C5CCC(=O)NC5=O)C6=O)ccc4F)c3)CCNCC2)NC1c1ccncc1. The molecule has 0 radical (unpaired) electrons. The van der Waals surface area contributed by atoms with Gasteiger partial charge < -0.3 is 45.7 Å². The van der Waals surface area contributed by atoms with Crippen molar-refractivity contribution in [1.29, 1.82) is 0 Å². The van der Waals surface area contributed by atoms with Crippen LogP contribution in [0.2, 0.25) is 0 Å². The maximum atomic E-state index is 15.0. The van der Waals surface area contributed by atoms with E-state index < -0.39 is 17.8 Å². The van der Waals surface area contributed by atoms with E-state index in [1.165, 1.54) is 22.2 Å². The summed E-state index contributed by atoms with van der Waals surface area (Å²) in [7, 11) is 0. The zero-order valence-corrected chi connectivity index (χ0v) is 41.9. The highest BCUT2D eigenvalue weighted by Crippen LogP contribution is 2.41. The van der Waals surface area contributed by atoms with Crippen molar-refractivity contribution in [2.45, 2.75) is 109 Å². The molecule has 17 heteroatoms. The predicted molar refractivity (Wildman–Crippen MR) is 275 cm³/mol. The van der Waals surface area contributed by atoms with Crippen molar-refractivity contribution in [1.82, 2.24) is 31.2 Å². The van der Waals surface area contributed by atoms with E-state index in [1.807, 2.05) is 30.6 Å². The van der Waals surface area contributed by atoms with Gasteiger partial charge in [-0.2, -0.15) is 0 Å². The minimum absolute atomic E-state index is 0.00178. The van der Waals surface area contributed by atoms with Gasteiger partial charge in [-0.25, -0.2) is 4.39 Å². The fourth-order valence-electron chi connectivity index (χ4n) is 10.5. The molecule has 4 aliphatic rings. The van der Waals surface area contributed by atoms with Crippen molar-refractivity contribution in [3.05, 3.63) is 131 Å². The summed E-state index contributed by atoms with van der Waals surface area (Å²) < 4.78 is 32.3. The molecule has 5 amide bonds. The summed E-state index contributed by atoms with van der Waals surface area (Å²) in [6.45, 7) is 8.13. The molecule has 0 saturated carbocycles. The van der Waals surface area contributed by atoms with Gasteiger partial charge >= 0.3 is 0 Å². The molecule has 5 heterocycles. The van der Waals surface area contributed by atoms with Crippen molar-refractivity contribution in [3.8, 4) is 5.75 Å². The lowest BCUT2D eigenvalue weighted by molar-refractivity contribution is -0.137. The third-order valence-corrected chi connectivity index (χ3v) is 14.5. The summed E-state index contributed by atoms with van der Waals surface area (Å²) in [4.78, 5) is 69.1. The number of hydrogen-bond donors (Lipinski definition) is 6. The fourth-order valence-corrected chi connectivity index (χ4v) is 10.5. The van der Waals surface area contributed by atoms with Gasteiger partial charge in [0.25, 0.3) is 11.8 Å². The Morgan fingerprint density at radius 1 is 0.904 bits per heavy atom. The van der Waals surface area contributed by atoms with Crippen LogP contribution in [-0.2, 0) is 36.9 Å². The highest BCUT2D eigenvalue weighted by Gasteiger charge is 2.42. The van der Waals surface area contributed by atoms with Crippen LogP contribution in [0.4, 0.5) is 15.8 Å². The average Bonchev–Trinajstić information content (AvgIpc) is 3.63. The van der Waals surface area contributed by atoms with Crippen LogP contribution < -0.4 is 36.6 Å². The van der Waals surface area contributed by atoms with Crippen molar-refractivity contribution in [2.75, 3.05) is 56.8 Å². The number of allylic oxidation sites excluding steroid dienone is 1. The molecule has 0 spiro atoms. The number of aromatic nitrogens is 1. The Morgan fingerprint density at radius 3 is 2.49 bits per heavy atom. The van der Waals surface area contributed by atoms with Crippen molar-refractivity contribution in [3.63, 3.8) is 0 Å². The van der Waals surface area contributed by atoms with Crippen molar-refractivity contribution in [2.24, 2.45) is 11.8 Å². The second kappa shape index (κ2) is 25.3. The zero-order chi connectivity index (χ0) is 51.2. The molecule has 6 N–H and O–H groups in total. The van der Waals surface area contributed by atoms with E-state index in [0.717, 1.165) is 63.7 Å². The van der Waals surface area contributed by atoms with Crippen LogP contribution in [0.15, 0.2) is 97.0 Å². The minimum atomic E-state index is -0.739. The van der Waals surface area contributed by atoms with Gasteiger partial charge in [-0.05, 0) is 143 Å². The molecular formula is C56H69FN8O8. The first-order valence-electron chi connectivity index (χ1n) is 25.9. The highest BCUT2D eigenvalue weighted by atomic mass is 19.1. The topological polar surface area (TPSA) is 201 Å². The maximum absolute atomic E-state index is 15.0. The van der Waals surface area contributed by atoms with E-state index in [4.69, 9.17) is 14.2 Å². The standard InChI is InChI=1S/C56H69FN8O8/c1-3-43-37(2)14-18-49(62-52(43)38-20-24-58-25-21-38)56(22-26-59-27-23-56)64-41-11-7-10-39(32-41)53(68)60-34-40-33-42(15-16-46(40)57)73-31-6-4-5-28-71-29-9-30-72-36-51(67)61-47-13-8-12-44-45(47)35-65(55(44)70)48-17-19-50(66)63-54(48)69/h7-8,10-13,15-16,18,20-21,24-25,32-33,37,43,48,52,59,62,64H,3-6,9,14,17,19,22-23,26-31,34-36H2,1-2H3,(H,60,68)(H,61,67)(H,63,66,69). The van der Waals surface area contributed by atoms with Crippen LogP contribution in [0.25, 0.3) is 0 Å². The molecule has 16 nitrogen and oxygen atoms in total. The van der Waals surface area contributed by atoms with Gasteiger partial charge in [-0.1, -0.05) is 38.5 Å². The zero-order valence-electron chi connectivity index (χ0n) is 41.9. The number of unbranched alkanes of at least 4 members (excludes halogenated alkanes) is 2. The molecule has 388 valence electrons. The summed E-state index contributed by atoms with van der Waals surface area (Å²) in [5, 5.41) is 19.5. The van der Waals surface area contributed by atoms with Gasteiger partial charge in [-0.3, -0.25) is 34.3 Å². The van der Waals surface area contributed by atoms with Crippen LogP contribution in [-0.4, -0.2) is 97.1 Å². The second-order valence-electron chi connectivity index (χ2n) is 19.5. The van der Waals surface area contributed by atoms with E-state index in [2.05, 4.69) is 68.9 Å². The Labute approximate surface area is 427 Å². The molecule has 2 fully saturated rings. The lowest BCUT2D eigenvalue weighted by Crippen LogP contribution is -2.52. The van der Waals surface area contributed by atoms with Crippen LogP contribution in [0, 0.1) is 17.7 Å². The van der Waals surface area contributed by atoms with Gasteiger partial charge in [0.1, 0.15) is 24.2 Å². The average molecular weight is 1000 g/mol. The first kappa shape index (κ1) is 52.6. The quantitative estimate of drug-likeness (QED) is 0.0320. The van der Waals surface area contributed by atoms with E-state index in [9.17, 15) is 24.0 Å². The van der Waals surface area contributed by atoms with E-state index in [1.54, 1.807) is 36.4 Å². The lowest BCUT2D eigenvalue weighted by Gasteiger charge is -2.43. The molecular weight excluding hydrogens is 932 g/mol. The number of benzene rings is 3. The summed E-state index contributed by atoms with van der Waals surface area (Å²) in [6.07, 6.45) is 13.4. The first-order valence-corrected chi connectivity index (χ1v) is 25.9. The third-order valence-electron chi connectivity index (χ3n) is 14.5. The van der Waals surface area contributed by atoms with E-state index >= 15 is 4.39 Å². The first-order chi connectivity index (χ1) is 35.5. The summed E-state index contributed by atoms with van der Waals surface area (Å²) in [6, 6.07) is 20.8. The van der Waals surface area contributed by atoms with E-state index in [-0.39, 0.29) is 67.7 Å². The highest BCUT2D eigenvalue weighted by molar-refractivity contribution is 6.07. The Balaban J connectivity index is 0.716. The molecule has 3 aromatic carbocycles. The molecule has 4 atom stereocenters. The molecule has 73 heavy (non-hydrogen) atoms. The molecule has 4 aromatic rings. The van der Waals surface area contributed by atoms with Crippen LogP contribution >= 0.6 is 0 Å². The number of anilines is 2. The normalized spacial score (nSPS) is 20.5.